The lowest BCUT2D eigenvalue weighted by molar-refractivity contribution is 0.589. The monoisotopic (exact) mass is 1030 g/mol. The quantitative estimate of drug-likeness (QED) is 0.185. The summed E-state index contributed by atoms with van der Waals surface area (Å²) in [7, 11) is 0. The second kappa shape index (κ2) is 21.8. The summed E-state index contributed by atoms with van der Waals surface area (Å²) in [5, 5.41) is 5.15. The van der Waals surface area contributed by atoms with Crippen molar-refractivity contribution in [3.63, 3.8) is 0 Å². The van der Waals surface area contributed by atoms with Gasteiger partial charge in [0.2, 0.25) is 0 Å². The zero-order valence-electron chi connectivity index (χ0n) is 46.5. The molecule has 0 saturated heterocycles. The Hall–Kier alpha value is -4.02. The molecule has 2 nitrogen and oxygen atoms in total. The van der Waals surface area contributed by atoms with Crippen molar-refractivity contribution in [2.45, 2.75) is 185 Å². The van der Waals surface area contributed by atoms with Gasteiger partial charge in [0.1, 0.15) is 0 Å². The van der Waals surface area contributed by atoms with E-state index in [0.717, 1.165) is 31.6 Å². The molecule has 0 aliphatic heterocycles. The fourth-order valence-corrected chi connectivity index (χ4v) is 9.26. The summed E-state index contributed by atoms with van der Waals surface area (Å²) in [6, 6.07) is 39.6. The van der Waals surface area contributed by atoms with Gasteiger partial charge in [-0.25, -0.2) is 0 Å². The summed E-state index contributed by atoms with van der Waals surface area (Å²) in [5.41, 5.74) is 19.6. The molecular weight excluding hydrogens is 948 g/mol. The first-order valence-electron chi connectivity index (χ1n) is 24.7. The molecule has 0 aromatic heterocycles. The molecule has 0 unspecified atom stereocenters. The molecule has 1 N–H and O–H groups in total. The molecule has 0 aliphatic rings. The van der Waals surface area contributed by atoms with Crippen LogP contribution >= 0.6 is 39.1 Å². The molecule has 6 rings (SSSR count). The third-order valence-electron chi connectivity index (χ3n) is 12.7. The summed E-state index contributed by atoms with van der Waals surface area (Å²) < 4.78 is 1.04. The van der Waals surface area contributed by atoms with Crippen LogP contribution in [-0.4, -0.2) is 0 Å². The standard InChI is InChI=1S/C32H42ClN.C22H31N.C10H12BrCl/c1-21-16-24(31(6,7)8)17-22(2)29(21)34(27-14-12-23(13-15-27)30(3,4)5)28-19-25(32(9,10)11)18-26(33)20-28;1-15-13-18(22(6,7)8)14-16(2)20(15)23-19-11-9-17(10-12-19)21(3,4)5;1-10(2,3)7-4-8(11)6-9(12)5-7/h12-20H,1-11H3;9-14,23H,1-8H3;4-6H,1-3H3. The molecule has 5 heteroatoms. The van der Waals surface area contributed by atoms with E-state index in [1.165, 1.54) is 67.0 Å². The Labute approximate surface area is 439 Å². The number of anilines is 5. The fourth-order valence-electron chi connectivity index (χ4n) is 8.17. The van der Waals surface area contributed by atoms with Crippen LogP contribution in [-0.2, 0) is 32.5 Å². The van der Waals surface area contributed by atoms with E-state index < -0.39 is 0 Å². The maximum Gasteiger partial charge on any atom is 0.0520 e. The number of rotatable bonds is 5. The van der Waals surface area contributed by atoms with Crippen molar-refractivity contribution in [3.8, 4) is 0 Å². The molecule has 0 amide bonds. The minimum atomic E-state index is 0.00158. The zero-order chi connectivity index (χ0) is 52.4. The molecule has 6 aromatic carbocycles. The van der Waals surface area contributed by atoms with Crippen molar-refractivity contribution < 1.29 is 0 Å². The fraction of sp³-hybridized carbons (Fsp3) is 0.438. The summed E-state index contributed by atoms with van der Waals surface area (Å²) in [4.78, 5) is 2.38. The Balaban J connectivity index is 0.000000254. The predicted molar refractivity (Wildman–Crippen MR) is 313 cm³/mol. The smallest absolute Gasteiger partial charge is 0.0520 e. The van der Waals surface area contributed by atoms with Crippen LogP contribution in [0.4, 0.5) is 28.4 Å². The number of nitrogens with one attached hydrogen (secondary N) is 1. The first-order chi connectivity index (χ1) is 31.4. The second-order valence-electron chi connectivity index (χ2n) is 25.4. The van der Waals surface area contributed by atoms with Gasteiger partial charge in [0.25, 0.3) is 0 Å². The Kier molecular flexibility index (Phi) is 18.2. The summed E-state index contributed by atoms with van der Waals surface area (Å²) >= 11 is 16.0. The van der Waals surface area contributed by atoms with Gasteiger partial charge >= 0.3 is 0 Å². The molecular formula is C64H85BrCl2N2. The van der Waals surface area contributed by atoms with Crippen LogP contribution in [0, 0.1) is 27.7 Å². The molecule has 372 valence electrons. The Bertz CT molecular complexity index is 2620. The van der Waals surface area contributed by atoms with E-state index in [1.54, 1.807) is 0 Å². The van der Waals surface area contributed by atoms with Crippen molar-refractivity contribution in [1.82, 2.24) is 0 Å². The third-order valence-corrected chi connectivity index (χ3v) is 13.6. The number of benzene rings is 6. The van der Waals surface area contributed by atoms with Gasteiger partial charge in [-0.2, -0.15) is 0 Å². The van der Waals surface area contributed by atoms with Gasteiger partial charge in [-0.1, -0.05) is 212 Å². The number of nitrogens with zero attached hydrogens (tertiary/aromatic N) is 1. The normalized spacial score (nSPS) is 12.4. The van der Waals surface area contributed by atoms with Crippen LogP contribution in [0.25, 0.3) is 0 Å². The molecule has 6 aromatic rings. The van der Waals surface area contributed by atoms with Gasteiger partial charge in [-0.05, 0) is 176 Å². The molecule has 69 heavy (non-hydrogen) atoms. The molecule has 0 radical (unpaired) electrons. The average molecular weight is 1030 g/mol. The van der Waals surface area contributed by atoms with Crippen LogP contribution in [0.1, 0.15) is 180 Å². The second-order valence-corrected chi connectivity index (χ2v) is 27.2. The van der Waals surface area contributed by atoms with Crippen molar-refractivity contribution in [3.05, 3.63) is 179 Å². The first-order valence-corrected chi connectivity index (χ1v) is 26.2. The Morgan fingerprint density at radius 2 is 0.696 bits per heavy atom. The van der Waals surface area contributed by atoms with E-state index in [0.29, 0.717) is 0 Å². The highest BCUT2D eigenvalue weighted by Gasteiger charge is 2.25. The van der Waals surface area contributed by atoms with Crippen molar-refractivity contribution >= 4 is 67.6 Å². The maximum absolute atomic E-state index is 6.70. The Morgan fingerprint density at radius 3 is 1.07 bits per heavy atom. The molecule has 0 aliphatic carbocycles. The predicted octanol–water partition coefficient (Wildman–Crippen LogP) is 21.4. The number of hydrogen-bond acceptors (Lipinski definition) is 2. The van der Waals surface area contributed by atoms with Gasteiger partial charge in [0.05, 0.1) is 5.69 Å². The average Bonchev–Trinajstić information content (AvgIpc) is 3.18. The van der Waals surface area contributed by atoms with Crippen LogP contribution in [0.15, 0.2) is 114 Å². The van der Waals surface area contributed by atoms with Crippen molar-refractivity contribution in [2.24, 2.45) is 0 Å². The molecule has 0 spiro atoms. The summed E-state index contributed by atoms with van der Waals surface area (Å²) in [6.45, 7) is 49.2. The third kappa shape index (κ3) is 16.0. The lowest BCUT2D eigenvalue weighted by atomic mass is 9.84. The molecule has 0 bridgehead atoms. The first kappa shape index (κ1) is 57.6. The van der Waals surface area contributed by atoms with Gasteiger partial charge < -0.3 is 10.2 Å². The minimum Gasteiger partial charge on any atom is -0.355 e. The van der Waals surface area contributed by atoms with Crippen molar-refractivity contribution in [2.75, 3.05) is 10.2 Å². The van der Waals surface area contributed by atoms with Gasteiger partial charge in [-0.3, -0.25) is 0 Å². The highest BCUT2D eigenvalue weighted by atomic mass is 79.9. The van der Waals surface area contributed by atoms with Gasteiger partial charge in [0, 0.05) is 37.3 Å². The minimum absolute atomic E-state index is 0.00158. The van der Waals surface area contributed by atoms with Crippen LogP contribution in [0.3, 0.4) is 0 Å². The summed E-state index contributed by atoms with van der Waals surface area (Å²) in [6.07, 6.45) is 0. The van der Waals surface area contributed by atoms with E-state index >= 15 is 0 Å². The van der Waals surface area contributed by atoms with Gasteiger partial charge in [0.15, 0.2) is 0 Å². The lowest BCUT2D eigenvalue weighted by Gasteiger charge is -2.32. The zero-order valence-corrected chi connectivity index (χ0v) is 49.6. The largest absolute Gasteiger partial charge is 0.355 e. The van der Waals surface area contributed by atoms with Crippen LogP contribution in [0.2, 0.25) is 10.0 Å². The number of hydrogen-bond donors (Lipinski definition) is 1. The molecule has 0 saturated carbocycles. The highest BCUT2D eigenvalue weighted by molar-refractivity contribution is 9.10. The van der Waals surface area contributed by atoms with E-state index in [-0.39, 0.29) is 32.5 Å². The Morgan fingerprint density at radius 1 is 0.362 bits per heavy atom. The van der Waals surface area contributed by atoms with E-state index in [9.17, 15) is 0 Å². The summed E-state index contributed by atoms with van der Waals surface area (Å²) in [5.74, 6) is 0. The SMILES string of the molecule is CC(C)(C)c1cc(Cl)cc(Br)c1.Cc1cc(C(C)(C)C)cc(C)c1N(c1ccc(C(C)(C)C)cc1)c1cc(Cl)cc(C(C)(C)C)c1.Cc1cc(C(C)(C)C)cc(C)c1Nc1ccc(C(C)(C)C)cc1. The van der Waals surface area contributed by atoms with Crippen LogP contribution < -0.4 is 10.2 Å². The number of halogens is 3. The van der Waals surface area contributed by atoms with Crippen LogP contribution in [0.5, 0.6) is 0 Å². The van der Waals surface area contributed by atoms with E-state index in [1.807, 2.05) is 12.1 Å². The molecule has 0 fully saturated rings. The number of aryl methyl sites for hydroxylation is 4. The maximum atomic E-state index is 6.70. The topological polar surface area (TPSA) is 15.3 Å². The van der Waals surface area contributed by atoms with E-state index in [4.69, 9.17) is 23.2 Å². The van der Waals surface area contributed by atoms with Crippen molar-refractivity contribution in [1.29, 1.82) is 0 Å². The molecule has 0 heterocycles. The van der Waals surface area contributed by atoms with E-state index in [2.05, 4.69) is 276 Å². The lowest BCUT2D eigenvalue weighted by Crippen LogP contribution is -2.18. The highest BCUT2D eigenvalue weighted by Crippen LogP contribution is 2.43. The van der Waals surface area contributed by atoms with Gasteiger partial charge in [-0.15, -0.1) is 0 Å². The molecule has 0 atom stereocenters.